The zero-order valence-corrected chi connectivity index (χ0v) is 12.2. The van der Waals surface area contributed by atoms with Crippen molar-refractivity contribution in [3.8, 4) is 0 Å². The van der Waals surface area contributed by atoms with Crippen molar-refractivity contribution in [2.75, 3.05) is 26.0 Å². The van der Waals surface area contributed by atoms with Crippen LogP contribution in [0.2, 0.25) is 0 Å². The molecule has 3 N–H and O–H groups in total. The van der Waals surface area contributed by atoms with Gasteiger partial charge in [-0.15, -0.1) is 0 Å². The SMILES string of the molecule is CNc1c(C)c(CNCC(=O)O)cc(C(=O)OC)c1C. The fourth-order valence-electron chi connectivity index (χ4n) is 2.15. The number of nitrogens with one attached hydrogen (secondary N) is 2. The van der Waals surface area contributed by atoms with Crippen molar-refractivity contribution in [2.45, 2.75) is 20.4 Å². The monoisotopic (exact) mass is 280 g/mol. The van der Waals surface area contributed by atoms with Crippen molar-refractivity contribution in [2.24, 2.45) is 0 Å². The summed E-state index contributed by atoms with van der Waals surface area (Å²) in [6, 6.07) is 1.74. The van der Waals surface area contributed by atoms with Crippen LogP contribution in [0.3, 0.4) is 0 Å². The number of ether oxygens (including phenoxy) is 1. The quantitative estimate of drug-likeness (QED) is 0.681. The number of carbonyl (C=O) groups is 2. The summed E-state index contributed by atoms with van der Waals surface area (Å²) in [4.78, 5) is 22.3. The average molecular weight is 280 g/mol. The van der Waals surface area contributed by atoms with Gasteiger partial charge >= 0.3 is 11.9 Å². The number of esters is 1. The Kier molecular flexibility index (Phi) is 5.52. The summed E-state index contributed by atoms with van der Waals surface area (Å²) in [5.41, 5.74) is 4.01. The fourth-order valence-corrected chi connectivity index (χ4v) is 2.15. The van der Waals surface area contributed by atoms with Gasteiger partial charge in [0.2, 0.25) is 0 Å². The third-order valence-corrected chi connectivity index (χ3v) is 3.20. The number of carboxylic acids is 1. The first-order valence-electron chi connectivity index (χ1n) is 6.24. The van der Waals surface area contributed by atoms with Gasteiger partial charge in [0.15, 0.2) is 0 Å². The molecular weight excluding hydrogens is 260 g/mol. The lowest BCUT2D eigenvalue weighted by molar-refractivity contribution is -0.136. The van der Waals surface area contributed by atoms with Crippen LogP contribution in [-0.4, -0.2) is 37.7 Å². The van der Waals surface area contributed by atoms with Crippen molar-refractivity contribution >= 4 is 17.6 Å². The zero-order chi connectivity index (χ0) is 15.3. The molecule has 0 radical (unpaired) electrons. The maximum absolute atomic E-state index is 11.8. The summed E-state index contributed by atoms with van der Waals surface area (Å²) in [5.74, 6) is -1.32. The molecule has 0 aromatic heterocycles. The highest BCUT2D eigenvalue weighted by atomic mass is 16.5. The first kappa shape index (κ1) is 16.0. The molecule has 0 saturated heterocycles. The summed E-state index contributed by atoms with van der Waals surface area (Å²) in [6.07, 6.45) is 0. The van der Waals surface area contributed by atoms with Crippen molar-refractivity contribution < 1.29 is 19.4 Å². The summed E-state index contributed by atoms with van der Waals surface area (Å²) >= 11 is 0. The standard InChI is InChI=1S/C14H20N2O4/c1-8-10(6-16-7-12(17)18)5-11(14(19)20-4)9(2)13(8)15-3/h5,15-16H,6-7H2,1-4H3,(H,17,18). The lowest BCUT2D eigenvalue weighted by Gasteiger charge is -2.17. The largest absolute Gasteiger partial charge is 0.480 e. The minimum atomic E-state index is -0.920. The van der Waals surface area contributed by atoms with E-state index in [2.05, 4.69) is 10.6 Å². The molecule has 0 amide bonds. The zero-order valence-electron chi connectivity index (χ0n) is 12.2. The minimum absolute atomic E-state index is 0.129. The van der Waals surface area contributed by atoms with Crippen LogP contribution in [-0.2, 0) is 16.1 Å². The molecule has 0 saturated carbocycles. The van der Waals surface area contributed by atoms with Crippen LogP contribution < -0.4 is 10.6 Å². The highest BCUT2D eigenvalue weighted by molar-refractivity contribution is 5.93. The molecule has 1 aromatic rings. The lowest BCUT2D eigenvalue weighted by atomic mass is 9.97. The molecule has 0 unspecified atom stereocenters. The van der Waals surface area contributed by atoms with Crippen LogP contribution in [0.15, 0.2) is 6.07 Å². The van der Waals surface area contributed by atoms with Crippen LogP contribution in [0, 0.1) is 13.8 Å². The van der Waals surface area contributed by atoms with Crippen LogP contribution in [0.5, 0.6) is 0 Å². The number of methoxy groups -OCH3 is 1. The summed E-state index contributed by atoms with van der Waals surface area (Å²) in [7, 11) is 3.12. The Balaban J connectivity index is 3.16. The van der Waals surface area contributed by atoms with Crippen molar-refractivity contribution in [1.82, 2.24) is 5.32 Å². The molecule has 0 aliphatic rings. The van der Waals surface area contributed by atoms with Crippen molar-refractivity contribution in [3.05, 3.63) is 28.3 Å². The average Bonchev–Trinajstić information content (AvgIpc) is 2.40. The third kappa shape index (κ3) is 3.48. The smallest absolute Gasteiger partial charge is 0.338 e. The lowest BCUT2D eigenvalue weighted by Crippen LogP contribution is -2.23. The first-order valence-corrected chi connectivity index (χ1v) is 6.24. The molecule has 0 spiro atoms. The van der Waals surface area contributed by atoms with Crippen LogP contribution in [0.4, 0.5) is 5.69 Å². The van der Waals surface area contributed by atoms with Crippen molar-refractivity contribution in [3.63, 3.8) is 0 Å². The normalized spacial score (nSPS) is 10.2. The van der Waals surface area contributed by atoms with Crippen molar-refractivity contribution in [1.29, 1.82) is 0 Å². The van der Waals surface area contributed by atoms with Crippen LogP contribution >= 0.6 is 0 Å². The predicted molar refractivity (Wildman–Crippen MR) is 76.1 cm³/mol. The predicted octanol–water partition coefficient (Wildman–Crippen LogP) is 1.31. The second kappa shape index (κ2) is 6.91. The van der Waals surface area contributed by atoms with E-state index in [0.29, 0.717) is 12.1 Å². The summed E-state index contributed by atoms with van der Waals surface area (Å²) < 4.78 is 4.77. The van der Waals surface area contributed by atoms with E-state index in [1.807, 2.05) is 13.8 Å². The topological polar surface area (TPSA) is 87.7 Å². The highest BCUT2D eigenvalue weighted by Crippen LogP contribution is 2.27. The Labute approximate surface area is 118 Å². The number of rotatable bonds is 6. The Morgan fingerprint density at radius 3 is 2.45 bits per heavy atom. The molecule has 0 fully saturated rings. The molecule has 1 rings (SSSR count). The second-order valence-corrected chi connectivity index (χ2v) is 4.45. The van der Waals surface area contributed by atoms with Gasteiger partial charge in [-0.2, -0.15) is 0 Å². The van der Waals surface area contributed by atoms with Crippen LogP contribution in [0.25, 0.3) is 0 Å². The number of anilines is 1. The Morgan fingerprint density at radius 2 is 1.95 bits per heavy atom. The van der Waals surface area contributed by atoms with Gasteiger partial charge in [0, 0.05) is 19.3 Å². The number of aliphatic carboxylic acids is 1. The van der Waals surface area contributed by atoms with Gasteiger partial charge in [-0.05, 0) is 36.6 Å². The maximum atomic E-state index is 11.8. The van der Waals surface area contributed by atoms with Crippen LogP contribution in [0.1, 0.15) is 27.0 Å². The number of carboxylic acid groups (broad SMARTS) is 1. The number of hydrogen-bond acceptors (Lipinski definition) is 5. The molecule has 0 aliphatic heterocycles. The Morgan fingerprint density at radius 1 is 1.30 bits per heavy atom. The minimum Gasteiger partial charge on any atom is -0.480 e. The molecule has 6 heteroatoms. The van der Waals surface area contributed by atoms with E-state index in [-0.39, 0.29) is 6.54 Å². The van der Waals surface area contributed by atoms with E-state index in [9.17, 15) is 9.59 Å². The van der Waals surface area contributed by atoms with Gasteiger partial charge in [-0.25, -0.2) is 4.79 Å². The highest BCUT2D eigenvalue weighted by Gasteiger charge is 2.17. The van der Waals surface area contributed by atoms with E-state index in [0.717, 1.165) is 22.4 Å². The molecule has 110 valence electrons. The van der Waals surface area contributed by atoms with Gasteiger partial charge in [0.1, 0.15) is 0 Å². The van der Waals surface area contributed by atoms with Gasteiger partial charge in [0.25, 0.3) is 0 Å². The van der Waals surface area contributed by atoms with Gasteiger partial charge in [0.05, 0.1) is 19.2 Å². The number of benzene rings is 1. The van der Waals surface area contributed by atoms with Gasteiger partial charge in [-0.3, -0.25) is 4.79 Å². The summed E-state index contributed by atoms with van der Waals surface area (Å²) in [6.45, 7) is 4.02. The first-order chi connectivity index (χ1) is 9.42. The van der Waals surface area contributed by atoms with Gasteiger partial charge < -0.3 is 20.5 Å². The van der Waals surface area contributed by atoms with E-state index < -0.39 is 11.9 Å². The second-order valence-electron chi connectivity index (χ2n) is 4.45. The Bertz CT molecular complexity index is 526. The van der Waals surface area contributed by atoms with Gasteiger partial charge in [-0.1, -0.05) is 0 Å². The van der Waals surface area contributed by atoms with E-state index in [4.69, 9.17) is 9.84 Å². The molecule has 0 bridgehead atoms. The molecule has 0 heterocycles. The Hall–Kier alpha value is -2.08. The molecule has 6 nitrogen and oxygen atoms in total. The fraction of sp³-hybridized carbons (Fsp3) is 0.429. The third-order valence-electron chi connectivity index (χ3n) is 3.20. The van der Waals surface area contributed by atoms with E-state index >= 15 is 0 Å². The molecular formula is C14H20N2O4. The van der Waals surface area contributed by atoms with E-state index in [1.54, 1.807) is 13.1 Å². The molecule has 1 aromatic carbocycles. The number of hydrogen-bond donors (Lipinski definition) is 3. The summed E-state index contributed by atoms with van der Waals surface area (Å²) in [5, 5.41) is 14.5. The van der Waals surface area contributed by atoms with E-state index in [1.165, 1.54) is 7.11 Å². The molecule has 0 aliphatic carbocycles. The number of carbonyl (C=O) groups excluding carboxylic acids is 1. The maximum Gasteiger partial charge on any atom is 0.338 e. The molecule has 20 heavy (non-hydrogen) atoms. The molecule has 0 atom stereocenters.